The zero-order valence-corrected chi connectivity index (χ0v) is 9.21. The molecule has 3 nitrogen and oxygen atoms in total. The summed E-state index contributed by atoms with van der Waals surface area (Å²) in [5, 5.41) is 0. The molecule has 0 atom stereocenters. The highest BCUT2D eigenvalue weighted by Crippen LogP contribution is 2.31. The van der Waals surface area contributed by atoms with Crippen LogP contribution in [0.4, 0.5) is 10.1 Å². The standard InChI is InChI=1S/C7H8BrFN2O.ClH/c1-12-7-5(11-10)3-2-4(8)6(7)9;/h2-3,11H,10H2,1H3;1H. The minimum absolute atomic E-state index is 0. The van der Waals surface area contributed by atoms with Gasteiger partial charge >= 0.3 is 0 Å². The van der Waals surface area contributed by atoms with Gasteiger partial charge in [-0.05, 0) is 28.1 Å². The number of rotatable bonds is 2. The predicted octanol–water partition coefficient (Wildman–Crippen LogP) is 2.30. The fourth-order valence-corrected chi connectivity index (χ4v) is 1.16. The molecule has 0 fully saturated rings. The molecule has 0 aromatic heterocycles. The summed E-state index contributed by atoms with van der Waals surface area (Å²) in [5.74, 6) is 4.77. The van der Waals surface area contributed by atoms with E-state index in [9.17, 15) is 4.39 Å². The zero-order chi connectivity index (χ0) is 9.14. The van der Waals surface area contributed by atoms with E-state index in [2.05, 4.69) is 21.4 Å². The lowest BCUT2D eigenvalue weighted by Gasteiger charge is -2.08. The quantitative estimate of drug-likeness (QED) is 0.641. The lowest BCUT2D eigenvalue weighted by atomic mass is 10.3. The summed E-state index contributed by atoms with van der Waals surface area (Å²) in [6, 6.07) is 3.17. The van der Waals surface area contributed by atoms with Crippen molar-refractivity contribution in [2.24, 2.45) is 5.84 Å². The van der Waals surface area contributed by atoms with Crippen LogP contribution in [-0.4, -0.2) is 7.11 Å². The lowest BCUT2D eigenvalue weighted by Crippen LogP contribution is -2.08. The first-order chi connectivity index (χ1) is 5.70. The van der Waals surface area contributed by atoms with Gasteiger partial charge in [-0.1, -0.05) is 0 Å². The SMILES string of the molecule is COc1c(NN)ccc(Br)c1F.Cl. The fourth-order valence-electron chi connectivity index (χ4n) is 0.845. The molecule has 0 unspecified atom stereocenters. The minimum Gasteiger partial charge on any atom is -0.492 e. The second kappa shape index (κ2) is 5.26. The average Bonchev–Trinajstić information content (AvgIpc) is 2.09. The summed E-state index contributed by atoms with van der Waals surface area (Å²) < 4.78 is 18.3. The van der Waals surface area contributed by atoms with Gasteiger partial charge in [0.05, 0.1) is 17.3 Å². The highest BCUT2D eigenvalue weighted by Gasteiger charge is 2.11. The van der Waals surface area contributed by atoms with Gasteiger partial charge in [-0.15, -0.1) is 12.4 Å². The molecular formula is C7H9BrClFN2O. The summed E-state index contributed by atoms with van der Waals surface area (Å²) in [6.45, 7) is 0. The van der Waals surface area contributed by atoms with Crippen LogP contribution in [0, 0.1) is 5.82 Å². The Morgan fingerprint density at radius 2 is 2.15 bits per heavy atom. The molecule has 13 heavy (non-hydrogen) atoms. The van der Waals surface area contributed by atoms with Gasteiger partial charge in [-0.25, -0.2) is 4.39 Å². The molecule has 0 spiro atoms. The summed E-state index contributed by atoms with van der Waals surface area (Å²) in [7, 11) is 1.38. The van der Waals surface area contributed by atoms with E-state index in [1.54, 1.807) is 12.1 Å². The Labute approximate surface area is 90.0 Å². The third-order valence-corrected chi connectivity index (χ3v) is 2.02. The van der Waals surface area contributed by atoms with E-state index in [4.69, 9.17) is 10.6 Å². The Balaban J connectivity index is 0.00000144. The van der Waals surface area contributed by atoms with Crippen LogP contribution in [-0.2, 0) is 0 Å². The van der Waals surface area contributed by atoms with E-state index in [1.807, 2.05) is 0 Å². The second-order valence-corrected chi connectivity index (χ2v) is 2.94. The van der Waals surface area contributed by atoms with Crippen molar-refractivity contribution in [1.29, 1.82) is 0 Å². The summed E-state index contributed by atoms with van der Waals surface area (Å²) in [5.41, 5.74) is 2.74. The summed E-state index contributed by atoms with van der Waals surface area (Å²) in [6.07, 6.45) is 0. The van der Waals surface area contributed by atoms with Crippen LogP contribution in [0.25, 0.3) is 0 Å². The molecular weight excluding hydrogens is 262 g/mol. The van der Waals surface area contributed by atoms with Crippen LogP contribution < -0.4 is 16.0 Å². The number of anilines is 1. The number of halogens is 3. The van der Waals surface area contributed by atoms with Crippen molar-refractivity contribution in [3.63, 3.8) is 0 Å². The molecule has 0 bridgehead atoms. The van der Waals surface area contributed by atoms with Crippen molar-refractivity contribution in [3.05, 3.63) is 22.4 Å². The van der Waals surface area contributed by atoms with Crippen LogP contribution in [0.1, 0.15) is 0 Å². The van der Waals surface area contributed by atoms with Gasteiger partial charge in [-0.3, -0.25) is 5.84 Å². The molecule has 0 heterocycles. The van der Waals surface area contributed by atoms with E-state index in [0.717, 1.165) is 0 Å². The molecule has 1 aromatic rings. The molecule has 0 aliphatic rings. The molecule has 0 saturated carbocycles. The van der Waals surface area contributed by atoms with Gasteiger partial charge in [0.15, 0.2) is 11.6 Å². The van der Waals surface area contributed by atoms with Gasteiger partial charge in [-0.2, -0.15) is 0 Å². The normalized spacial score (nSPS) is 8.92. The van der Waals surface area contributed by atoms with E-state index in [1.165, 1.54) is 7.11 Å². The Morgan fingerprint density at radius 3 is 2.62 bits per heavy atom. The molecule has 0 aliphatic carbocycles. The van der Waals surface area contributed by atoms with Crippen LogP contribution in [0.15, 0.2) is 16.6 Å². The van der Waals surface area contributed by atoms with Crippen molar-refractivity contribution in [2.45, 2.75) is 0 Å². The first kappa shape index (κ1) is 12.5. The van der Waals surface area contributed by atoms with Gasteiger partial charge in [0.2, 0.25) is 0 Å². The number of ether oxygens (including phenoxy) is 1. The van der Waals surface area contributed by atoms with E-state index in [-0.39, 0.29) is 18.2 Å². The maximum atomic E-state index is 13.2. The number of nitrogen functional groups attached to an aromatic ring is 1. The molecule has 0 radical (unpaired) electrons. The van der Waals surface area contributed by atoms with Crippen molar-refractivity contribution in [3.8, 4) is 5.75 Å². The highest BCUT2D eigenvalue weighted by molar-refractivity contribution is 9.10. The van der Waals surface area contributed by atoms with E-state index < -0.39 is 5.82 Å². The lowest BCUT2D eigenvalue weighted by molar-refractivity contribution is 0.387. The number of benzene rings is 1. The molecule has 74 valence electrons. The van der Waals surface area contributed by atoms with Gasteiger partial charge in [0.1, 0.15) is 0 Å². The van der Waals surface area contributed by atoms with Gasteiger partial charge in [0.25, 0.3) is 0 Å². The number of hydrogen-bond donors (Lipinski definition) is 2. The fraction of sp³-hybridized carbons (Fsp3) is 0.143. The van der Waals surface area contributed by atoms with Crippen molar-refractivity contribution in [1.82, 2.24) is 0 Å². The smallest absolute Gasteiger partial charge is 0.181 e. The third kappa shape index (κ3) is 2.46. The third-order valence-electron chi connectivity index (χ3n) is 1.41. The first-order valence-electron chi connectivity index (χ1n) is 3.19. The number of methoxy groups -OCH3 is 1. The Kier molecular flexibility index (Phi) is 5.05. The van der Waals surface area contributed by atoms with Crippen LogP contribution >= 0.6 is 28.3 Å². The Bertz CT molecular complexity index is 298. The summed E-state index contributed by atoms with van der Waals surface area (Å²) in [4.78, 5) is 0. The van der Waals surface area contributed by atoms with Crippen molar-refractivity contribution < 1.29 is 9.13 Å². The Hall–Kier alpha value is -0.520. The maximum Gasteiger partial charge on any atom is 0.181 e. The molecule has 1 aromatic carbocycles. The zero-order valence-electron chi connectivity index (χ0n) is 6.80. The van der Waals surface area contributed by atoms with E-state index >= 15 is 0 Å². The number of hydrogen-bond acceptors (Lipinski definition) is 3. The van der Waals surface area contributed by atoms with Gasteiger partial charge < -0.3 is 10.2 Å². The van der Waals surface area contributed by atoms with Crippen molar-refractivity contribution >= 4 is 34.0 Å². The molecule has 6 heteroatoms. The monoisotopic (exact) mass is 270 g/mol. The van der Waals surface area contributed by atoms with Crippen LogP contribution in [0.3, 0.4) is 0 Å². The first-order valence-corrected chi connectivity index (χ1v) is 3.98. The second-order valence-electron chi connectivity index (χ2n) is 2.09. The highest BCUT2D eigenvalue weighted by atomic mass is 79.9. The van der Waals surface area contributed by atoms with Gasteiger partial charge in [0, 0.05) is 0 Å². The molecule has 1 rings (SSSR count). The topological polar surface area (TPSA) is 47.3 Å². The predicted molar refractivity (Wildman–Crippen MR) is 55.7 cm³/mol. The molecule has 0 aliphatic heterocycles. The summed E-state index contributed by atoms with van der Waals surface area (Å²) >= 11 is 3.03. The Morgan fingerprint density at radius 1 is 1.54 bits per heavy atom. The maximum absolute atomic E-state index is 13.2. The number of nitrogens with one attached hydrogen (secondary N) is 1. The number of hydrazine groups is 1. The molecule has 3 N–H and O–H groups in total. The number of nitrogens with two attached hydrogens (primary N) is 1. The van der Waals surface area contributed by atoms with Crippen LogP contribution in [0.2, 0.25) is 0 Å². The van der Waals surface area contributed by atoms with E-state index in [0.29, 0.717) is 10.2 Å². The minimum atomic E-state index is -0.465. The van der Waals surface area contributed by atoms with Crippen LogP contribution in [0.5, 0.6) is 5.75 Å². The molecule has 0 saturated heterocycles. The average molecular weight is 272 g/mol. The molecule has 0 amide bonds. The largest absolute Gasteiger partial charge is 0.492 e. The van der Waals surface area contributed by atoms with Crippen molar-refractivity contribution in [2.75, 3.05) is 12.5 Å².